The predicted molar refractivity (Wildman–Crippen MR) is 112 cm³/mol. The molecule has 2 aromatic carbocycles. The van der Waals surface area contributed by atoms with E-state index in [0.29, 0.717) is 24.4 Å². The van der Waals surface area contributed by atoms with Crippen LogP contribution in [0.15, 0.2) is 73.1 Å². The van der Waals surface area contributed by atoms with Crippen LogP contribution in [0.1, 0.15) is 23.2 Å². The molecule has 2 heterocycles. The number of methoxy groups -OCH3 is 1. The van der Waals surface area contributed by atoms with Gasteiger partial charge in [0.1, 0.15) is 17.6 Å². The maximum Gasteiger partial charge on any atom is 0.253 e. The summed E-state index contributed by atoms with van der Waals surface area (Å²) in [5, 5.41) is 0. The number of likely N-dealkylation sites (tertiary alicyclic amines) is 1. The van der Waals surface area contributed by atoms with Gasteiger partial charge in [-0.2, -0.15) is 0 Å². The maximum atomic E-state index is 12.8. The van der Waals surface area contributed by atoms with Crippen molar-refractivity contribution in [3.63, 3.8) is 0 Å². The van der Waals surface area contributed by atoms with E-state index in [9.17, 15) is 4.79 Å². The number of carbonyl (C=O) groups is 1. The maximum absolute atomic E-state index is 12.8. The van der Waals surface area contributed by atoms with Crippen LogP contribution in [0.3, 0.4) is 0 Å². The molecule has 1 saturated heterocycles. The van der Waals surface area contributed by atoms with Crippen LogP contribution < -0.4 is 9.47 Å². The molecule has 4 rings (SSSR count). The molecule has 1 aromatic heterocycles. The van der Waals surface area contributed by atoms with Gasteiger partial charge in [-0.3, -0.25) is 9.78 Å². The Morgan fingerprint density at radius 2 is 1.72 bits per heavy atom. The van der Waals surface area contributed by atoms with Crippen molar-refractivity contribution in [3.8, 4) is 22.6 Å². The molecule has 0 spiro atoms. The van der Waals surface area contributed by atoms with Gasteiger partial charge in [0.15, 0.2) is 0 Å². The van der Waals surface area contributed by atoms with Gasteiger partial charge < -0.3 is 14.4 Å². The van der Waals surface area contributed by atoms with E-state index in [1.54, 1.807) is 19.4 Å². The number of amides is 1. The minimum atomic E-state index is 0.0425. The molecular weight excluding hydrogens is 364 g/mol. The summed E-state index contributed by atoms with van der Waals surface area (Å²) >= 11 is 0. The van der Waals surface area contributed by atoms with Gasteiger partial charge in [-0.15, -0.1) is 0 Å². The molecule has 0 aliphatic carbocycles. The van der Waals surface area contributed by atoms with Crippen LogP contribution in [-0.4, -0.2) is 42.1 Å². The first kappa shape index (κ1) is 19.0. The van der Waals surface area contributed by atoms with Crippen molar-refractivity contribution in [2.75, 3.05) is 20.2 Å². The summed E-state index contributed by atoms with van der Waals surface area (Å²) in [4.78, 5) is 18.8. The van der Waals surface area contributed by atoms with Crippen molar-refractivity contribution in [2.24, 2.45) is 0 Å². The molecule has 0 unspecified atom stereocenters. The highest BCUT2D eigenvalue weighted by atomic mass is 16.5. The first-order chi connectivity index (χ1) is 14.2. The van der Waals surface area contributed by atoms with E-state index in [4.69, 9.17) is 9.47 Å². The lowest BCUT2D eigenvalue weighted by Crippen LogP contribution is -2.41. The quantitative estimate of drug-likeness (QED) is 0.648. The highest BCUT2D eigenvalue weighted by Gasteiger charge is 2.25. The second-order valence-corrected chi connectivity index (χ2v) is 7.11. The summed E-state index contributed by atoms with van der Waals surface area (Å²) in [6.45, 7) is 1.37. The van der Waals surface area contributed by atoms with Gasteiger partial charge in [-0.25, -0.2) is 0 Å². The summed E-state index contributed by atoms with van der Waals surface area (Å²) in [6.07, 6.45) is 5.35. The van der Waals surface area contributed by atoms with Crippen LogP contribution in [0, 0.1) is 0 Å². The zero-order valence-electron chi connectivity index (χ0n) is 16.5. The van der Waals surface area contributed by atoms with E-state index in [1.165, 1.54) is 0 Å². The Kier molecular flexibility index (Phi) is 5.75. The van der Waals surface area contributed by atoms with Gasteiger partial charge in [-0.1, -0.05) is 24.3 Å². The fraction of sp³-hybridized carbons (Fsp3) is 0.250. The first-order valence-electron chi connectivity index (χ1n) is 9.83. The van der Waals surface area contributed by atoms with Crippen LogP contribution in [0.4, 0.5) is 0 Å². The molecule has 148 valence electrons. The number of aromatic nitrogens is 1. The first-order valence-corrected chi connectivity index (χ1v) is 9.83. The van der Waals surface area contributed by atoms with Crippen LogP contribution in [-0.2, 0) is 0 Å². The van der Waals surface area contributed by atoms with Crippen molar-refractivity contribution in [3.05, 3.63) is 78.6 Å². The minimum absolute atomic E-state index is 0.0425. The summed E-state index contributed by atoms with van der Waals surface area (Å²) < 4.78 is 11.4. The molecule has 29 heavy (non-hydrogen) atoms. The Morgan fingerprint density at radius 1 is 0.966 bits per heavy atom. The molecule has 1 aliphatic heterocycles. The molecule has 1 amide bonds. The molecule has 1 aliphatic rings. The van der Waals surface area contributed by atoms with Crippen molar-refractivity contribution in [1.82, 2.24) is 9.88 Å². The van der Waals surface area contributed by atoms with Gasteiger partial charge in [0.2, 0.25) is 0 Å². The Balaban J connectivity index is 1.36. The lowest BCUT2D eigenvalue weighted by molar-refractivity contribution is 0.0595. The highest BCUT2D eigenvalue weighted by molar-refractivity contribution is 5.94. The van der Waals surface area contributed by atoms with Gasteiger partial charge >= 0.3 is 0 Å². The van der Waals surface area contributed by atoms with Gasteiger partial charge in [0.25, 0.3) is 5.91 Å². The summed E-state index contributed by atoms with van der Waals surface area (Å²) in [5.74, 6) is 1.59. The normalized spacial score (nSPS) is 14.4. The molecular formula is C24H24N2O3. The third-order valence-electron chi connectivity index (χ3n) is 5.18. The molecule has 1 fully saturated rings. The number of hydrogen-bond donors (Lipinski definition) is 0. The van der Waals surface area contributed by atoms with Gasteiger partial charge in [0.05, 0.1) is 7.11 Å². The van der Waals surface area contributed by atoms with Crippen LogP contribution in [0.25, 0.3) is 11.1 Å². The number of nitrogens with zero attached hydrogens (tertiary/aromatic N) is 2. The molecule has 0 bridgehead atoms. The van der Waals surface area contributed by atoms with Gasteiger partial charge in [-0.05, 0) is 42.0 Å². The average molecular weight is 388 g/mol. The van der Waals surface area contributed by atoms with Crippen molar-refractivity contribution >= 4 is 5.91 Å². The molecule has 0 N–H and O–H groups in total. The summed E-state index contributed by atoms with van der Waals surface area (Å²) in [5.41, 5.74) is 2.81. The second kappa shape index (κ2) is 8.78. The highest BCUT2D eigenvalue weighted by Crippen LogP contribution is 2.26. The molecule has 0 saturated carbocycles. The van der Waals surface area contributed by atoms with Crippen LogP contribution >= 0.6 is 0 Å². The molecule has 0 atom stereocenters. The van der Waals surface area contributed by atoms with E-state index >= 15 is 0 Å². The fourth-order valence-corrected chi connectivity index (χ4v) is 3.59. The number of piperidine rings is 1. The fourth-order valence-electron chi connectivity index (χ4n) is 3.59. The number of rotatable bonds is 5. The molecule has 3 aromatic rings. The van der Waals surface area contributed by atoms with E-state index in [1.807, 2.05) is 59.6 Å². The monoisotopic (exact) mass is 388 g/mol. The Morgan fingerprint density at radius 3 is 2.48 bits per heavy atom. The Bertz CT molecular complexity index is 967. The Labute approximate surface area is 170 Å². The summed E-state index contributed by atoms with van der Waals surface area (Å²) in [6, 6.07) is 19.4. The zero-order chi connectivity index (χ0) is 20.1. The largest absolute Gasteiger partial charge is 0.497 e. The van der Waals surface area contributed by atoms with Crippen molar-refractivity contribution < 1.29 is 14.3 Å². The number of hydrogen-bond acceptors (Lipinski definition) is 4. The SMILES string of the molecule is COc1cccc(C(=O)N2CCC(Oc3cccc(-c4cccnc4)c3)CC2)c1. The third kappa shape index (κ3) is 4.57. The lowest BCUT2D eigenvalue weighted by atomic mass is 10.1. The lowest BCUT2D eigenvalue weighted by Gasteiger charge is -2.32. The molecule has 5 heteroatoms. The molecule has 0 radical (unpaired) electrons. The van der Waals surface area contributed by atoms with Crippen molar-refractivity contribution in [1.29, 1.82) is 0 Å². The van der Waals surface area contributed by atoms with E-state index in [2.05, 4.69) is 11.1 Å². The number of benzene rings is 2. The number of ether oxygens (including phenoxy) is 2. The third-order valence-corrected chi connectivity index (χ3v) is 5.18. The number of pyridine rings is 1. The smallest absolute Gasteiger partial charge is 0.253 e. The average Bonchev–Trinajstić information content (AvgIpc) is 2.80. The van der Waals surface area contributed by atoms with E-state index in [-0.39, 0.29) is 12.0 Å². The van der Waals surface area contributed by atoms with E-state index in [0.717, 1.165) is 29.7 Å². The second-order valence-electron chi connectivity index (χ2n) is 7.11. The Hall–Kier alpha value is -3.34. The zero-order valence-corrected chi connectivity index (χ0v) is 16.5. The van der Waals surface area contributed by atoms with E-state index < -0.39 is 0 Å². The topological polar surface area (TPSA) is 51.7 Å². The standard InChI is InChI=1S/C24H24N2O3/c1-28-22-8-3-6-19(16-22)24(27)26-13-10-21(11-14-26)29-23-9-2-5-18(15-23)20-7-4-12-25-17-20/h2-9,12,15-17,21H,10-11,13-14H2,1H3. The number of carbonyl (C=O) groups excluding carboxylic acids is 1. The van der Waals surface area contributed by atoms with Crippen LogP contribution in [0.5, 0.6) is 11.5 Å². The van der Waals surface area contributed by atoms with Gasteiger partial charge in [0, 0.05) is 49.5 Å². The molecule has 5 nitrogen and oxygen atoms in total. The minimum Gasteiger partial charge on any atom is -0.497 e. The summed E-state index contributed by atoms with van der Waals surface area (Å²) in [7, 11) is 1.61. The predicted octanol–water partition coefficient (Wildman–Crippen LogP) is 4.44. The van der Waals surface area contributed by atoms with Crippen molar-refractivity contribution in [2.45, 2.75) is 18.9 Å². The van der Waals surface area contributed by atoms with Crippen LogP contribution in [0.2, 0.25) is 0 Å².